The minimum Gasteiger partial charge on any atom is -0.480 e. The Morgan fingerprint density at radius 2 is 1.24 bits per heavy atom. The molecule has 2 amide bonds. The second-order valence-corrected chi connectivity index (χ2v) is 12.6. The van der Waals surface area contributed by atoms with Crippen LogP contribution in [0.15, 0.2) is 102 Å². The molecule has 0 aliphatic heterocycles. The molecule has 0 saturated heterocycles. The van der Waals surface area contributed by atoms with E-state index in [1.54, 1.807) is 0 Å². The van der Waals surface area contributed by atoms with E-state index >= 15 is 0 Å². The minimum absolute atomic E-state index is 0.000466. The molecule has 0 radical (unpaired) electrons. The third kappa shape index (κ3) is 7.31. The maximum Gasteiger partial charge on any atom is 0.416 e. The molecule has 2 aliphatic rings. The summed E-state index contributed by atoms with van der Waals surface area (Å²) in [4.78, 5) is 43.1. The van der Waals surface area contributed by atoms with Gasteiger partial charge in [-0.2, -0.15) is 10.3 Å². The molecule has 0 aromatic heterocycles. The number of carboxylic acids is 1. The van der Waals surface area contributed by atoms with E-state index in [0.717, 1.165) is 49.4 Å². The molecule has 4 N–H and O–H groups in total. The molecular formula is C36H34N5O6PS. The first-order valence-electron chi connectivity index (χ1n) is 15.8. The Kier molecular flexibility index (Phi) is 10.6. The number of hydrogen-bond donors (Lipinski definition) is 4. The predicted octanol–water partition coefficient (Wildman–Crippen LogP) is 6.77. The number of aliphatic carboxylic acids is 1. The fourth-order valence-electron chi connectivity index (χ4n) is 6.57. The number of benzene rings is 4. The van der Waals surface area contributed by atoms with Crippen LogP contribution in [-0.2, 0) is 26.1 Å². The van der Waals surface area contributed by atoms with Crippen LogP contribution in [0.4, 0.5) is 9.59 Å². The van der Waals surface area contributed by atoms with Gasteiger partial charge < -0.3 is 14.6 Å². The average Bonchev–Trinajstić information content (AvgIpc) is 3.61. The van der Waals surface area contributed by atoms with Gasteiger partial charge in [-0.15, -0.1) is 0 Å². The third-order valence-corrected chi connectivity index (χ3v) is 9.32. The van der Waals surface area contributed by atoms with E-state index in [9.17, 15) is 19.5 Å². The molecule has 4 aromatic rings. The molecule has 0 fully saturated rings. The molecule has 6 rings (SSSR count). The number of carbonyl (C=O) groups excluding carboxylic acids is 2. The third-order valence-electron chi connectivity index (χ3n) is 8.83. The molecule has 0 spiro atoms. The molecule has 250 valence electrons. The topological polar surface area (TPSA) is 153 Å². The van der Waals surface area contributed by atoms with Crippen molar-refractivity contribution in [2.75, 3.05) is 19.8 Å². The van der Waals surface area contributed by atoms with Crippen molar-refractivity contribution < 1.29 is 29.0 Å². The SMILES string of the molecule is N=C(NC(=O)OCC1c2ccccc2-c2ccccc21)N(CCCC(NN=[PH]=S)C(=O)O)C(=O)OCC1c2ccccc2-c2ccccc21. The van der Waals surface area contributed by atoms with Crippen LogP contribution >= 0.6 is 7.15 Å². The van der Waals surface area contributed by atoms with Crippen molar-refractivity contribution in [1.82, 2.24) is 15.6 Å². The second-order valence-electron chi connectivity index (χ2n) is 11.6. The van der Waals surface area contributed by atoms with Crippen molar-refractivity contribution in [3.05, 3.63) is 119 Å². The Bertz CT molecular complexity index is 1880. The Balaban J connectivity index is 1.13. The highest BCUT2D eigenvalue weighted by molar-refractivity contribution is 7.92. The van der Waals surface area contributed by atoms with E-state index in [0.29, 0.717) is 0 Å². The van der Waals surface area contributed by atoms with Gasteiger partial charge in [-0.25, -0.2) is 14.5 Å². The fraction of sp³-hybridized carbons (Fsp3) is 0.222. The van der Waals surface area contributed by atoms with Gasteiger partial charge in [-0.3, -0.25) is 15.5 Å². The van der Waals surface area contributed by atoms with E-state index in [2.05, 4.69) is 15.6 Å². The number of hydrogen-bond acceptors (Lipinski definition) is 8. The average molecular weight is 696 g/mol. The molecule has 0 heterocycles. The summed E-state index contributed by atoms with van der Waals surface area (Å²) in [5.41, 5.74) is 10.9. The number of carbonyl (C=O) groups is 3. The number of nitrogens with zero attached hydrogens (tertiary/aromatic N) is 2. The quantitative estimate of drug-likeness (QED) is 0.0580. The van der Waals surface area contributed by atoms with E-state index in [4.69, 9.17) is 26.7 Å². The van der Waals surface area contributed by atoms with E-state index < -0.39 is 30.2 Å². The molecule has 11 nitrogen and oxygen atoms in total. The first-order chi connectivity index (χ1) is 23.9. The molecular weight excluding hydrogens is 661 g/mol. The highest BCUT2D eigenvalue weighted by Crippen LogP contribution is 2.45. The zero-order valence-electron chi connectivity index (χ0n) is 26.3. The summed E-state index contributed by atoms with van der Waals surface area (Å²) in [6, 6.07) is 30.7. The first kappa shape index (κ1) is 33.7. The number of fused-ring (bicyclic) bond motifs is 6. The van der Waals surface area contributed by atoms with Gasteiger partial charge in [0.05, 0.1) is 0 Å². The van der Waals surface area contributed by atoms with Crippen molar-refractivity contribution in [2.24, 2.45) is 4.85 Å². The van der Waals surface area contributed by atoms with Crippen molar-refractivity contribution in [3.8, 4) is 22.3 Å². The van der Waals surface area contributed by atoms with E-state index in [1.165, 1.54) is 0 Å². The first-order valence-corrected chi connectivity index (χ1v) is 17.8. The van der Waals surface area contributed by atoms with Crippen molar-refractivity contribution >= 4 is 43.1 Å². The number of guanidine groups is 1. The number of ether oxygens (including phenoxy) is 2. The zero-order chi connectivity index (χ0) is 34.3. The maximum atomic E-state index is 13.6. The number of alkyl carbamates (subject to hydrolysis) is 1. The monoisotopic (exact) mass is 695 g/mol. The van der Waals surface area contributed by atoms with Gasteiger partial charge in [-0.05, 0) is 69.2 Å². The summed E-state index contributed by atoms with van der Waals surface area (Å²) in [6.45, 7) is -0.0859. The maximum absolute atomic E-state index is 13.6. The van der Waals surface area contributed by atoms with Crippen molar-refractivity contribution in [2.45, 2.75) is 30.7 Å². The Labute approximate surface area is 289 Å². The van der Waals surface area contributed by atoms with Gasteiger partial charge in [0, 0.05) is 25.5 Å². The summed E-state index contributed by atoms with van der Waals surface area (Å²) in [5.74, 6) is -2.08. The highest BCUT2D eigenvalue weighted by Gasteiger charge is 2.32. The lowest BCUT2D eigenvalue weighted by molar-refractivity contribution is -0.139. The predicted molar refractivity (Wildman–Crippen MR) is 190 cm³/mol. The van der Waals surface area contributed by atoms with Crippen LogP contribution in [0.1, 0.15) is 46.9 Å². The summed E-state index contributed by atoms with van der Waals surface area (Å²) in [7, 11) is -0.255. The number of carboxylic acid groups (broad SMARTS) is 1. The second kappa shape index (κ2) is 15.4. The molecule has 4 aromatic carbocycles. The lowest BCUT2D eigenvalue weighted by Crippen LogP contribution is -2.48. The molecule has 2 atom stereocenters. The molecule has 0 saturated carbocycles. The van der Waals surface area contributed by atoms with Gasteiger partial charge in [-0.1, -0.05) is 97.1 Å². The number of amides is 2. The number of nitrogens with one attached hydrogen (secondary N) is 3. The Morgan fingerprint density at radius 1 is 0.796 bits per heavy atom. The highest BCUT2D eigenvalue weighted by atomic mass is 32.4. The smallest absolute Gasteiger partial charge is 0.416 e. The Morgan fingerprint density at radius 3 is 1.69 bits per heavy atom. The largest absolute Gasteiger partial charge is 0.480 e. The zero-order valence-corrected chi connectivity index (χ0v) is 28.1. The lowest BCUT2D eigenvalue weighted by atomic mass is 9.98. The lowest BCUT2D eigenvalue weighted by Gasteiger charge is -2.24. The standard InChI is InChI=1S/C36H34N5O6PS/c37-34(38-35(44)46-20-30-26-14-5-1-10-22(26)23-11-2-6-15-27(23)30)41(19-9-18-32(33(42)43)39-40-48-49)36(45)47-21-31-28-16-7-3-12-24(28)25-13-4-8-17-29(25)31/h1-8,10-17,30-32,39,48H,9,18-21H2,(H,42,43)(H2,37,38,44). The van der Waals surface area contributed by atoms with Crippen molar-refractivity contribution in [3.63, 3.8) is 0 Å². The van der Waals surface area contributed by atoms with E-state index in [1.807, 2.05) is 97.1 Å². The number of rotatable bonds is 11. The van der Waals surface area contributed by atoms with Crippen LogP contribution in [-0.4, -0.2) is 59.9 Å². The minimum atomic E-state index is -1.13. The van der Waals surface area contributed by atoms with Crippen LogP contribution < -0.4 is 10.7 Å². The summed E-state index contributed by atoms with van der Waals surface area (Å²) in [6.07, 6.45) is -1.54. The normalized spacial score (nSPS) is 13.4. The Hall–Kier alpha value is -5.16. The van der Waals surface area contributed by atoms with Crippen LogP contribution in [0.5, 0.6) is 0 Å². The van der Waals surface area contributed by atoms with Crippen LogP contribution in [0, 0.1) is 5.41 Å². The van der Waals surface area contributed by atoms with Gasteiger partial charge in [0.25, 0.3) is 0 Å². The van der Waals surface area contributed by atoms with Gasteiger partial charge >= 0.3 is 18.2 Å². The molecule has 49 heavy (non-hydrogen) atoms. The van der Waals surface area contributed by atoms with Gasteiger partial charge in [0.2, 0.25) is 5.96 Å². The van der Waals surface area contributed by atoms with Gasteiger partial charge in [0.15, 0.2) is 0 Å². The van der Waals surface area contributed by atoms with Crippen LogP contribution in [0.2, 0.25) is 0 Å². The summed E-state index contributed by atoms with van der Waals surface area (Å²) >= 11 is 4.79. The summed E-state index contributed by atoms with van der Waals surface area (Å²) < 4.78 is 11.4. The molecule has 0 bridgehead atoms. The van der Waals surface area contributed by atoms with Crippen LogP contribution in [0.25, 0.3) is 22.3 Å². The molecule has 13 heteroatoms. The van der Waals surface area contributed by atoms with E-state index in [-0.39, 0.29) is 51.6 Å². The van der Waals surface area contributed by atoms with Crippen LogP contribution in [0.3, 0.4) is 0 Å². The summed E-state index contributed by atoms with van der Waals surface area (Å²) in [5, 5.41) is 20.6. The molecule has 2 aliphatic carbocycles. The van der Waals surface area contributed by atoms with Crippen molar-refractivity contribution in [1.29, 1.82) is 5.41 Å². The van der Waals surface area contributed by atoms with Gasteiger partial charge in [0.1, 0.15) is 19.3 Å². The fourth-order valence-corrected chi connectivity index (χ4v) is 6.93. The molecule has 2 unspecified atom stereocenters.